The summed E-state index contributed by atoms with van der Waals surface area (Å²) in [6.07, 6.45) is 1.66. The van der Waals surface area contributed by atoms with E-state index in [-0.39, 0.29) is 6.17 Å². The van der Waals surface area contributed by atoms with Gasteiger partial charge in [-0.05, 0) is 19.1 Å². The lowest BCUT2D eigenvalue weighted by molar-refractivity contribution is 0.510. The third-order valence-electron chi connectivity index (χ3n) is 2.29. The number of nitrogens with zero attached hydrogens (tertiary/aromatic N) is 3. The summed E-state index contributed by atoms with van der Waals surface area (Å²) in [5.74, 6) is 2.35. The van der Waals surface area contributed by atoms with E-state index < -0.39 is 0 Å². The maximum Gasteiger partial charge on any atom is 0.202 e. The molecular formula is C11H17N5O. The number of hydrogen-bond acceptors (Lipinski definition) is 4. The minimum atomic E-state index is 0.0176. The van der Waals surface area contributed by atoms with Crippen molar-refractivity contribution in [3.8, 4) is 0 Å². The van der Waals surface area contributed by atoms with Gasteiger partial charge in [-0.2, -0.15) is 0 Å². The van der Waals surface area contributed by atoms with E-state index in [4.69, 9.17) is 4.42 Å². The molecule has 0 aliphatic carbocycles. The molecule has 0 saturated heterocycles. The van der Waals surface area contributed by atoms with Crippen LogP contribution < -0.4 is 10.6 Å². The minimum Gasteiger partial charge on any atom is -0.467 e. The molecular weight excluding hydrogens is 218 g/mol. The summed E-state index contributed by atoms with van der Waals surface area (Å²) in [5, 5.41) is 6.27. The first kappa shape index (κ1) is 11.5. The Kier molecular flexibility index (Phi) is 3.32. The van der Waals surface area contributed by atoms with E-state index in [9.17, 15) is 0 Å². The van der Waals surface area contributed by atoms with E-state index in [0.717, 1.165) is 11.7 Å². The molecule has 6 heteroatoms. The number of aliphatic imine (C=N–C) groups is 2. The first-order valence-electron chi connectivity index (χ1n) is 5.50. The maximum atomic E-state index is 5.22. The first-order valence-corrected chi connectivity index (χ1v) is 5.50. The quantitative estimate of drug-likeness (QED) is 0.787. The van der Waals surface area contributed by atoms with Crippen LogP contribution in [0.2, 0.25) is 0 Å². The predicted octanol–water partition coefficient (Wildman–Crippen LogP) is 0.592. The Morgan fingerprint density at radius 1 is 1.53 bits per heavy atom. The molecule has 92 valence electrons. The third-order valence-corrected chi connectivity index (χ3v) is 2.29. The normalized spacial score (nSPS) is 21.7. The minimum absolute atomic E-state index is 0.0176. The Balaban J connectivity index is 2.03. The fraction of sp³-hybridized carbons (Fsp3) is 0.455. The second-order valence-corrected chi connectivity index (χ2v) is 4.04. The third kappa shape index (κ3) is 2.99. The Labute approximate surface area is 100 Å². The zero-order valence-electron chi connectivity index (χ0n) is 10.3. The molecule has 0 spiro atoms. The van der Waals surface area contributed by atoms with Gasteiger partial charge in [-0.15, -0.1) is 0 Å². The summed E-state index contributed by atoms with van der Waals surface area (Å²) in [6, 6.07) is 3.75. The van der Waals surface area contributed by atoms with Crippen molar-refractivity contribution in [2.24, 2.45) is 9.98 Å². The lowest BCUT2D eigenvalue weighted by atomic mass is 10.4. The van der Waals surface area contributed by atoms with Gasteiger partial charge >= 0.3 is 0 Å². The molecule has 1 aliphatic rings. The fourth-order valence-corrected chi connectivity index (χ4v) is 1.46. The van der Waals surface area contributed by atoms with Crippen LogP contribution in [0.1, 0.15) is 12.7 Å². The summed E-state index contributed by atoms with van der Waals surface area (Å²) >= 11 is 0. The van der Waals surface area contributed by atoms with Crippen molar-refractivity contribution < 1.29 is 4.42 Å². The van der Waals surface area contributed by atoms with Crippen LogP contribution in [0.25, 0.3) is 0 Å². The molecule has 0 fully saturated rings. The van der Waals surface area contributed by atoms with Crippen LogP contribution in [-0.4, -0.2) is 37.1 Å². The Hall–Kier alpha value is -1.98. The molecule has 1 aliphatic heterocycles. The highest BCUT2D eigenvalue weighted by atomic mass is 16.3. The van der Waals surface area contributed by atoms with Crippen LogP contribution in [0, 0.1) is 0 Å². The molecule has 0 amide bonds. The van der Waals surface area contributed by atoms with Gasteiger partial charge in [0, 0.05) is 14.1 Å². The van der Waals surface area contributed by atoms with Crippen molar-refractivity contribution in [1.29, 1.82) is 0 Å². The first-order chi connectivity index (χ1) is 8.15. The van der Waals surface area contributed by atoms with Gasteiger partial charge in [0.1, 0.15) is 18.5 Å². The SMILES string of the molecule is CC1N=C(N(C)C)NC(=NCc2ccco2)N1. The molecule has 6 nitrogen and oxygen atoms in total. The average Bonchev–Trinajstić information content (AvgIpc) is 2.78. The van der Waals surface area contributed by atoms with Crippen molar-refractivity contribution in [3.63, 3.8) is 0 Å². The van der Waals surface area contributed by atoms with E-state index >= 15 is 0 Å². The molecule has 1 aromatic heterocycles. The number of rotatable bonds is 2. The van der Waals surface area contributed by atoms with Gasteiger partial charge in [0.25, 0.3) is 0 Å². The van der Waals surface area contributed by atoms with E-state index in [0.29, 0.717) is 12.5 Å². The average molecular weight is 235 g/mol. The molecule has 0 aromatic carbocycles. The molecule has 0 saturated carbocycles. The number of hydrogen-bond donors (Lipinski definition) is 2. The highest BCUT2D eigenvalue weighted by Gasteiger charge is 2.15. The van der Waals surface area contributed by atoms with Crippen molar-refractivity contribution in [2.75, 3.05) is 14.1 Å². The number of furan rings is 1. The molecule has 1 aromatic rings. The van der Waals surface area contributed by atoms with Crippen LogP contribution in [0.15, 0.2) is 32.8 Å². The van der Waals surface area contributed by atoms with Crippen LogP contribution in [0.5, 0.6) is 0 Å². The van der Waals surface area contributed by atoms with Gasteiger partial charge in [-0.25, -0.2) is 9.98 Å². The second kappa shape index (κ2) is 4.90. The molecule has 1 atom stereocenters. The van der Waals surface area contributed by atoms with Crippen LogP contribution in [-0.2, 0) is 6.54 Å². The summed E-state index contributed by atoms with van der Waals surface area (Å²) < 4.78 is 5.22. The fourth-order valence-electron chi connectivity index (χ4n) is 1.46. The smallest absolute Gasteiger partial charge is 0.202 e. The van der Waals surface area contributed by atoms with Crippen LogP contribution >= 0.6 is 0 Å². The molecule has 2 rings (SSSR count). The standard InChI is InChI=1S/C11H17N5O/c1-8-13-10(15-11(14-8)16(2)3)12-7-9-5-4-6-17-9/h4-6,8H,7H2,1-3H3,(H2,12,13,14,15). The van der Waals surface area contributed by atoms with Gasteiger partial charge in [0.15, 0.2) is 5.96 Å². The van der Waals surface area contributed by atoms with Crippen LogP contribution in [0.3, 0.4) is 0 Å². The van der Waals surface area contributed by atoms with Gasteiger partial charge < -0.3 is 14.6 Å². The van der Waals surface area contributed by atoms with E-state index in [1.165, 1.54) is 0 Å². The lowest BCUT2D eigenvalue weighted by Crippen LogP contribution is -2.53. The molecule has 17 heavy (non-hydrogen) atoms. The number of guanidine groups is 2. The van der Waals surface area contributed by atoms with Crippen molar-refractivity contribution in [1.82, 2.24) is 15.5 Å². The molecule has 2 heterocycles. The van der Waals surface area contributed by atoms with E-state index in [1.807, 2.05) is 38.1 Å². The Bertz CT molecular complexity index is 421. The van der Waals surface area contributed by atoms with Gasteiger partial charge in [0.05, 0.1) is 6.26 Å². The van der Waals surface area contributed by atoms with Gasteiger partial charge in [-0.1, -0.05) is 0 Å². The predicted molar refractivity (Wildman–Crippen MR) is 66.7 cm³/mol. The molecule has 0 radical (unpaired) electrons. The zero-order chi connectivity index (χ0) is 12.3. The van der Waals surface area contributed by atoms with Crippen molar-refractivity contribution in [2.45, 2.75) is 19.6 Å². The second-order valence-electron chi connectivity index (χ2n) is 4.04. The van der Waals surface area contributed by atoms with Crippen molar-refractivity contribution in [3.05, 3.63) is 24.2 Å². The number of nitrogens with one attached hydrogen (secondary N) is 2. The molecule has 1 unspecified atom stereocenters. The summed E-state index contributed by atoms with van der Waals surface area (Å²) in [4.78, 5) is 10.7. The topological polar surface area (TPSA) is 65.2 Å². The molecule has 0 bridgehead atoms. The van der Waals surface area contributed by atoms with Crippen LogP contribution in [0.4, 0.5) is 0 Å². The highest BCUT2D eigenvalue weighted by molar-refractivity contribution is 6.00. The maximum absolute atomic E-state index is 5.22. The summed E-state index contributed by atoms with van der Waals surface area (Å²) in [6.45, 7) is 2.49. The molecule has 2 N–H and O–H groups in total. The summed E-state index contributed by atoms with van der Waals surface area (Å²) in [7, 11) is 3.88. The monoisotopic (exact) mass is 235 g/mol. The zero-order valence-corrected chi connectivity index (χ0v) is 10.3. The highest BCUT2D eigenvalue weighted by Crippen LogP contribution is 2.02. The Morgan fingerprint density at radius 2 is 2.35 bits per heavy atom. The van der Waals surface area contributed by atoms with Crippen molar-refractivity contribution >= 4 is 11.9 Å². The lowest BCUT2D eigenvalue weighted by Gasteiger charge is -2.26. The van der Waals surface area contributed by atoms with Gasteiger partial charge in [0.2, 0.25) is 5.96 Å². The summed E-state index contributed by atoms with van der Waals surface area (Å²) in [5.41, 5.74) is 0. The largest absolute Gasteiger partial charge is 0.467 e. The van der Waals surface area contributed by atoms with E-state index in [2.05, 4.69) is 20.6 Å². The van der Waals surface area contributed by atoms with Gasteiger partial charge in [-0.3, -0.25) is 5.32 Å². The van der Waals surface area contributed by atoms with E-state index in [1.54, 1.807) is 6.26 Å². The Morgan fingerprint density at radius 3 is 3.00 bits per heavy atom.